The molecule has 1 aromatic carbocycles. The van der Waals surface area contributed by atoms with E-state index in [0.29, 0.717) is 23.0 Å². The van der Waals surface area contributed by atoms with E-state index in [1.165, 1.54) is 12.8 Å². The van der Waals surface area contributed by atoms with Crippen LogP contribution in [0.2, 0.25) is 0 Å². The second kappa shape index (κ2) is 8.38. The van der Waals surface area contributed by atoms with Gasteiger partial charge in [-0.05, 0) is 36.5 Å². The molecule has 0 heterocycles. The molecule has 2 rings (SSSR count). The molecule has 2 unspecified atom stereocenters. The molecule has 0 bridgehead atoms. The first kappa shape index (κ1) is 18.6. The van der Waals surface area contributed by atoms with Crippen LogP contribution in [0.1, 0.15) is 44.3 Å². The zero-order valence-corrected chi connectivity index (χ0v) is 15.1. The minimum atomic E-state index is -0.755. The molecule has 5 heteroatoms. The zero-order chi connectivity index (χ0) is 17.7. The fourth-order valence-electron chi connectivity index (χ4n) is 3.52. The number of hydrogen-bond donors (Lipinski definition) is 1. The summed E-state index contributed by atoms with van der Waals surface area (Å²) in [5, 5.41) is 10.5. The summed E-state index contributed by atoms with van der Waals surface area (Å²) in [5.74, 6) is 1.81. The van der Waals surface area contributed by atoms with Crippen LogP contribution in [0, 0.1) is 11.8 Å². The molecule has 1 fully saturated rings. The normalized spacial score (nSPS) is 17.4. The van der Waals surface area contributed by atoms with E-state index in [4.69, 9.17) is 9.47 Å². The van der Waals surface area contributed by atoms with Crippen LogP contribution >= 0.6 is 0 Å². The molecular formula is C19H29NO4. The summed E-state index contributed by atoms with van der Waals surface area (Å²) < 4.78 is 10.5. The van der Waals surface area contributed by atoms with Gasteiger partial charge in [-0.1, -0.05) is 25.8 Å². The highest BCUT2D eigenvalue weighted by Crippen LogP contribution is 2.33. The largest absolute Gasteiger partial charge is 0.493 e. The topological polar surface area (TPSA) is 59.0 Å². The lowest BCUT2D eigenvalue weighted by molar-refractivity contribution is -0.136. The van der Waals surface area contributed by atoms with Gasteiger partial charge in [0.1, 0.15) is 0 Å². The molecule has 1 amide bonds. The van der Waals surface area contributed by atoms with Gasteiger partial charge in [0.2, 0.25) is 5.91 Å². The number of ether oxygens (including phenoxy) is 2. The van der Waals surface area contributed by atoms with Crippen LogP contribution in [0.15, 0.2) is 18.2 Å². The highest BCUT2D eigenvalue weighted by molar-refractivity contribution is 5.78. The number of nitrogens with zero attached hydrogens (tertiary/aromatic N) is 1. The highest BCUT2D eigenvalue weighted by Gasteiger charge is 2.29. The minimum Gasteiger partial charge on any atom is -0.493 e. The second-order valence-electron chi connectivity index (χ2n) is 6.68. The summed E-state index contributed by atoms with van der Waals surface area (Å²) in [6.45, 7) is 2.28. The molecule has 5 nitrogen and oxygen atoms in total. The highest BCUT2D eigenvalue weighted by atomic mass is 16.5. The van der Waals surface area contributed by atoms with Crippen LogP contribution in [0.25, 0.3) is 0 Å². The van der Waals surface area contributed by atoms with Crippen molar-refractivity contribution in [3.63, 3.8) is 0 Å². The number of carbonyl (C=O) groups excluding carboxylic acids is 1. The van der Waals surface area contributed by atoms with Crippen LogP contribution in [-0.2, 0) is 4.79 Å². The van der Waals surface area contributed by atoms with Gasteiger partial charge in [0.15, 0.2) is 11.5 Å². The van der Waals surface area contributed by atoms with E-state index in [2.05, 4.69) is 0 Å². The molecule has 0 spiro atoms. The monoisotopic (exact) mass is 335 g/mol. The number of benzene rings is 1. The average molecular weight is 335 g/mol. The van der Waals surface area contributed by atoms with Gasteiger partial charge in [-0.25, -0.2) is 0 Å². The molecule has 1 aliphatic carbocycles. The van der Waals surface area contributed by atoms with Crippen molar-refractivity contribution in [2.45, 2.75) is 38.7 Å². The van der Waals surface area contributed by atoms with E-state index >= 15 is 0 Å². The van der Waals surface area contributed by atoms with Crippen LogP contribution in [0.4, 0.5) is 0 Å². The molecule has 1 saturated carbocycles. The van der Waals surface area contributed by atoms with Crippen molar-refractivity contribution in [2.24, 2.45) is 11.8 Å². The molecule has 0 saturated heterocycles. The summed E-state index contributed by atoms with van der Waals surface area (Å²) in [6.07, 6.45) is 3.97. The van der Waals surface area contributed by atoms with Gasteiger partial charge in [-0.15, -0.1) is 0 Å². The van der Waals surface area contributed by atoms with Crippen molar-refractivity contribution in [2.75, 3.05) is 27.8 Å². The number of amides is 1. The lowest BCUT2D eigenvalue weighted by Crippen LogP contribution is -2.37. The Bertz CT molecular complexity index is 554. The Morgan fingerprint density at radius 1 is 1.25 bits per heavy atom. The third-order valence-electron chi connectivity index (χ3n) is 5.11. The van der Waals surface area contributed by atoms with Crippen molar-refractivity contribution >= 4 is 5.91 Å². The lowest BCUT2D eigenvalue weighted by Gasteiger charge is -2.27. The van der Waals surface area contributed by atoms with Crippen LogP contribution < -0.4 is 9.47 Å². The summed E-state index contributed by atoms with van der Waals surface area (Å²) in [6, 6.07) is 5.31. The molecular weight excluding hydrogens is 306 g/mol. The van der Waals surface area contributed by atoms with Crippen LogP contribution in [-0.4, -0.2) is 43.7 Å². The van der Waals surface area contributed by atoms with Gasteiger partial charge >= 0.3 is 0 Å². The van der Waals surface area contributed by atoms with Crippen molar-refractivity contribution < 1.29 is 19.4 Å². The fourth-order valence-corrected chi connectivity index (χ4v) is 3.52. The number of aliphatic hydroxyl groups excluding tert-OH is 1. The smallest absolute Gasteiger partial charge is 0.225 e. The Morgan fingerprint density at radius 3 is 2.46 bits per heavy atom. The molecule has 1 aromatic rings. The van der Waals surface area contributed by atoms with E-state index < -0.39 is 6.10 Å². The van der Waals surface area contributed by atoms with Gasteiger partial charge in [0, 0.05) is 13.0 Å². The second-order valence-corrected chi connectivity index (χ2v) is 6.68. The summed E-state index contributed by atoms with van der Waals surface area (Å²) in [7, 11) is 4.90. The Hall–Kier alpha value is -1.75. The molecule has 0 aliphatic heterocycles. The third-order valence-corrected chi connectivity index (χ3v) is 5.11. The van der Waals surface area contributed by atoms with Gasteiger partial charge in [-0.3, -0.25) is 4.79 Å². The molecule has 1 N–H and O–H groups in total. The maximum Gasteiger partial charge on any atom is 0.225 e. The van der Waals surface area contributed by atoms with Gasteiger partial charge in [0.05, 0.1) is 26.9 Å². The first-order valence-corrected chi connectivity index (χ1v) is 8.62. The Labute approximate surface area is 144 Å². The Kier molecular flexibility index (Phi) is 6.49. The number of carbonyl (C=O) groups is 1. The summed E-state index contributed by atoms with van der Waals surface area (Å²) >= 11 is 0. The van der Waals surface area contributed by atoms with Crippen molar-refractivity contribution in [1.82, 2.24) is 4.90 Å². The number of methoxy groups -OCH3 is 2. The number of hydrogen-bond acceptors (Lipinski definition) is 4. The van der Waals surface area contributed by atoms with Crippen molar-refractivity contribution in [3.8, 4) is 11.5 Å². The maximum absolute atomic E-state index is 12.6. The van der Waals surface area contributed by atoms with E-state index in [-0.39, 0.29) is 18.4 Å². The Balaban J connectivity index is 2.00. The fraction of sp³-hybridized carbons (Fsp3) is 0.632. The molecule has 0 aromatic heterocycles. The van der Waals surface area contributed by atoms with Crippen LogP contribution in [0.3, 0.4) is 0 Å². The van der Waals surface area contributed by atoms with E-state index in [1.54, 1.807) is 44.4 Å². The van der Waals surface area contributed by atoms with Gasteiger partial charge in [-0.2, -0.15) is 0 Å². The average Bonchev–Trinajstić information content (AvgIpc) is 3.14. The lowest BCUT2D eigenvalue weighted by atomic mass is 9.91. The van der Waals surface area contributed by atoms with E-state index in [1.807, 2.05) is 6.92 Å². The van der Waals surface area contributed by atoms with Gasteiger partial charge in [0.25, 0.3) is 0 Å². The Morgan fingerprint density at radius 2 is 1.88 bits per heavy atom. The maximum atomic E-state index is 12.6. The zero-order valence-electron chi connectivity index (χ0n) is 15.1. The molecule has 134 valence electrons. The SMILES string of the molecule is COc1ccc(C(O)CN(C)C(=O)C(C)C2CCCC2)cc1OC. The summed E-state index contributed by atoms with van der Waals surface area (Å²) in [5.41, 5.74) is 0.709. The number of rotatable bonds is 7. The van der Waals surface area contributed by atoms with Gasteiger partial charge < -0.3 is 19.5 Å². The van der Waals surface area contributed by atoms with Crippen molar-refractivity contribution in [3.05, 3.63) is 23.8 Å². The third kappa shape index (κ3) is 4.20. The van der Waals surface area contributed by atoms with E-state index in [9.17, 15) is 9.90 Å². The van der Waals surface area contributed by atoms with Crippen LogP contribution in [0.5, 0.6) is 11.5 Å². The predicted molar refractivity (Wildman–Crippen MR) is 93.3 cm³/mol. The first-order chi connectivity index (χ1) is 11.5. The molecule has 0 radical (unpaired) electrons. The molecule has 1 aliphatic rings. The quantitative estimate of drug-likeness (QED) is 0.832. The minimum absolute atomic E-state index is 0.0232. The molecule has 24 heavy (non-hydrogen) atoms. The first-order valence-electron chi connectivity index (χ1n) is 8.62. The van der Waals surface area contributed by atoms with E-state index in [0.717, 1.165) is 12.8 Å². The predicted octanol–water partition coefficient (Wildman–Crippen LogP) is 3.02. The standard InChI is InChI=1S/C19H29NO4/c1-13(14-7-5-6-8-14)19(22)20(2)12-16(21)15-9-10-17(23-3)18(11-15)24-4/h9-11,13-14,16,21H,5-8,12H2,1-4H3. The van der Waals surface area contributed by atoms with Crippen molar-refractivity contribution in [1.29, 1.82) is 0 Å². The number of aliphatic hydroxyl groups is 1. The number of likely N-dealkylation sites (N-methyl/N-ethyl adjacent to an activating group) is 1. The molecule has 2 atom stereocenters. The summed E-state index contributed by atoms with van der Waals surface area (Å²) in [4.78, 5) is 14.2.